The molecule has 0 radical (unpaired) electrons. The number of hydrogen-bond donors (Lipinski definition) is 2. The lowest BCUT2D eigenvalue weighted by Crippen LogP contribution is -2.51. The lowest BCUT2D eigenvalue weighted by molar-refractivity contribution is 0.162. The van der Waals surface area contributed by atoms with Crippen molar-refractivity contribution in [3.63, 3.8) is 0 Å². The summed E-state index contributed by atoms with van der Waals surface area (Å²) in [6, 6.07) is 0. The molecule has 0 aromatic carbocycles. The normalized spacial score (nSPS) is 19.6. The average Bonchev–Trinajstić information content (AvgIpc) is 2.77. The van der Waals surface area contributed by atoms with Gasteiger partial charge in [0.1, 0.15) is 0 Å². The summed E-state index contributed by atoms with van der Waals surface area (Å²) in [5, 5.41) is 3.04. The fraction of sp³-hybridized carbons (Fsp3) is 1.00. The molecule has 1 fully saturated rings. The molecule has 0 aromatic heterocycles. The highest BCUT2D eigenvalue weighted by molar-refractivity contribution is 7.89. The monoisotopic (exact) mass is 277 g/mol. The molecule has 108 valence electrons. The quantitative estimate of drug-likeness (QED) is 0.630. The molecule has 0 heterocycles. The molecule has 1 saturated carbocycles. The van der Waals surface area contributed by atoms with Crippen LogP contribution in [0.3, 0.4) is 0 Å². The third-order valence-corrected chi connectivity index (χ3v) is 5.23. The van der Waals surface area contributed by atoms with E-state index >= 15 is 0 Å². The second-order valence-corrected chi connectivity index (χ2v) is 7.25. The van der Waals surface area contributed by atoms with Crippen LogP contribution in [-0.2, 0) is 10.0 Å². The summed E-state index contributed by atoms with van der Waals surface area (Å²) in [5.74, 6) is 0.157. The van der Waals surface area contributed by atoms with Gasteiger partial charge >= 0.3 is 0 Å². The van der Waals surface area contributed by atoms with Crippen LogP contribution in [0.1, 0.15) is 32.6 Å². The van der Waals surface area contributed by atoms with Gasteiger partial charge in [-0.25, -0.2) is 13.1 Å². The Hall–Kier alpha value is -0.170. The predicted octanol–water partition coefficient (Wildman–Crippen LogP) is 0.390. The summed E-state index contributed by atoms with van der Waals surface area (Å²) in [5.41, 5.74) is 0.0191. The van der Waals surface area contributed by atoms with E-state index in [-0.39, 0.29) is 11.3 Å². The van der Waals surface area contributed by atoms with Crippen LogP contribution in [0.4, 0.5) is 0 Å². The van der Waals surface area contributed by atoms with Crippen molar-refractivity contribution in [3.8, 4) is 0 Å². The fourth-order valence-electron chi connectivity index (χ4n) is 2.51. The molecular weight excluding hydrogens is 250 g/mol. The first-order valence-electron chi connectivity index (χ1n) is 6.77. The molecule has 18 heavy (non-hydrogen) atoms. The van der Waals surface area contributed by atoms with Crippen LogP contribution < -0.4 is 10.0 Å². The van der Waals surface area contributed by atoms with Gasteiger partial charge in [-0.3, -0.25) is 0 Å². The van der Waals surface area contributed by atoms with E-state index in [2.05, 4.69) is 14.9 Å². The Morgan fingerprint density at radius 1 is 1.22 bits per heavy atom. The van der Waals surface area contributed by atoms with Gasteiger partial charge in [-0.2, -0.15) is 0 Å². The number of rotatable bonds is 8. The van der Waals surface area contributed by atoms with Crippen molar-refractivity contribution in [2.24, 2.45) is 0 Å². The van der Waals surface area contributed by atoms with Crippen LogP contribution in [-0.4, -0.2) is 58.3 Å². The largest absolute Gasteiger partial charge is 0.316 e. The lowest BCUT2D eigenvalue weighted by atomic mass is 9.97. The number of nitrogens with one attached hydrogen (secondary N) is 2. The Bertz CT molecular complexity index is 335. The highest BCUT2D eigenvalue weighted by atomic mass is 32.2. The molecule has 2 N–H and O–H groups in total. The molecule has 0 unspecified atom stereocenters. The summed E-state index contributed by atoms with van der Waals surface area (Å²) in [4.78, 5) is 2.17. The second kappa shape index (κ2) is 6.84. The minimum atomic E-state index is -3.15. The van der Waals surface area contributed by atoms with E-state index in [4.69, 9.17) is 0 Å². The van der Waals surface area contributed by atoms with Crippen molar-refractivity contribution in [2.75, 3.05) is 39.5 Å². The van der Waals surface area contributed by atoms with Crippen molar-refractivity contribution in [3.05, 3.63) is 0 Å². The third-order valence-electron chi connectivity index (χ3n) is 3.90. The molecule has 0 aliphatic heterocycles. The van der Waals surface area contributed by atoms with E-state index in [9.17, 15) is 8.42 Å². The molecule has 0 atom stereocenters. The highest BCUT2D eigenvalue weighted by Crippen LogP contribution is 2.33. The molecule has 1 aliphatic rings. The van der Waals surface area contributed by atoms with Crippen LogP contribution in [0, 0.1) is 0 Å². The zero-order valence-corrected chi connectivity index (χ0v) is 12.6. The Labute approximate surface area is 111 Å². The average molecular weight is 277 g/mol. The first kappa shape index (κ1) is 15.9. The molecule has 6 heteroatoms. The predicted molar refractivity (Wildman–Crippen MR) is 75.2 cm³/mol. The fourth-order valence-corrected chi connectivity index (χ4v) is 3.56. The summed E-state index contributed by atoms with van der Waals surface area (Å²) in [6.45, 7) is 3.83. The number of hydrogen-bond acceptors (Lipinski definition) is 4. The molecule has 0 aromatic rings. The Morgan fingerprint density at radius 3 is 2.33 bits per heavy atom. The Kier molecular flexibility index (Phi) is 6.04. The molecule has 5 nitrogen and oxygen atoms in total. The van der Waals surface area contributed by atoms with Crippen molar-refractivity contribution in [2.45, 2.75) is 38.1 Å². The van der Waals surface area contributed by atoms with E-state index in [1.807, 2.05) is 21.0 Å². The smallest absolute Gasteiger partial charge is 0.212 e. The third kappa shape index (κ3) is 4.50. The number of sulfonamides is 1. The van der Waals surface area contributed by atoms with Gasteiger partial charge in [-0.15, -0.1) is 0 Å². The molecule has 0 saturated heterocycles. The molecule has 1 aliphatic carbocycles. The zero-order chi connectivity index (χ0) is 13.6. The van der Waals surface area contributed by atoms with E-state index in [0.717, 1.165) is 19.4 Å². The van der Waals surface area contributed by atoms with Crippen molar-refractivity contribution >= 4 is 10.0 Å². The second-order valence-electron chi connectivity index (χ2n) is 5.32. The van der Waals surface area contributed by atoms with Gasteiger partial charge in [0.15, 0.2) is 0 Å². The standard InChI is InChI=1S/C12H27N3O2S/c1-4-13-9-10-18(16,17)14-11-12(15(2)3)7-5-6-8-12/h13-14H,4-11H2,1-3H3. The van der Waals surface area contributed by atoms with Gasteiger partial charge in [0.05, 0.1) is 5.75 Å². The number of nitrogens with zero attached hydrogens (tertiary/aromatic N) is 1. The van der Waals surface area contributed by atoms with Crippen molar-refractivity contribution in [1.82, 2.24) is 14.9 Å². The Morgan fingerprint density at radius 2 is 1.83 bits per heavy atom. The maximum absolute atomic E-state index is 11.9. The minimum absolute atomic E-state index is 0.0191. The van der Waals surface area contributed by atoms with Crippen molar-refractivity contribution in [1.29, 1.82) is 0 Å². The van der Waals surface area contributed by atoms with E-state index < -0.39 is 10.0 Å². The van der Waals surface area contributed by atoms with Crippen LogP contribution in [0.5, 0.6) is 0 Å². The Balaban J connectivity index is 2.47. The minimum Gasteiger partial charge on any atom is -0.316 e. The van der Waals surface area contributed by atoms with Gasteiger partial charge in [-0.05, 0) is 33.5 Å². The summed E-state index contributed by atoms with van der Waals surface area (Å²) in [7, 11) is 0.928. The summed E-state index contributed by atoms with van der Waals surface area (Å²) >= 11 is 0. The van der Waals surface area contributed by atoms with Gasteiger partial charge in [0.2, 0.25) is 10.0 Å². The van der Waals surface area contributed by atoms with Gasteiger partial charge in [0.25, 0.3) is 0 Å². The topological polar surface area (TPSA) is 61.4 Å². The highest BCUT2D eigenvalue weighted by Gasteiger charge is 2.36. The van der Waals surface area contributed by atoms with Crippen LogP contribution in [0.2, 0.25) is 0 Å². The van der Waals surface area contributed by atoms with Crippen LogP contribution in [0.25, 0.3) is 0 Å². The SMILES string of the molecule is CCNCCS(=O)(=O)NCC1(N(C)C)CCCC1. The lowest BCUT2D eigenvalue weighted by Gasteiger charge is -2.36. The molecule has 0 bridgehead atoms. The maximum atomic E-state index is 11.9. The number of likely N-dealkylation sites (N-methyl/N-ethyl adjacent to an activating group) is 1. The molecule has 0 amide bonds. The summed E-state index contributed by atoms with van der Waals surface area (Å²) in [6.07, 6.45) is 4.54. The zero-order valence-electron chi connectivity index (χ0n) is 11.8. The molecule has 0 spiro atoms. The summed E-state index contributed by atoms with van der Waals surface area (Å²) < 4.78 is 26.5. The molecule has 1 rings (SSSR count). The van der Waals surface area contributed by atoms with E-state index in [0.29, 0.717) is 13.1 Å². The first-order chi connectivity index (χ1) is 8.42. The van der Waals surface area contributed by atoms with Gasteiger partial charge in [-0.1, -0.05) is 19.8 Å². The van der Waals surface area contributed by atoms with E-state index in [1.165, 1.54) is 12.8 Å². The van der Waals surface area contributed by atoms with Crippen molar-refractivity contribution < 1.29 is 8.42 Å². The van der Waals surface area contributed by atoms with Crippen LogP contribution in [0.15, 0.2) is 0 Å². The maximum Gasteiger partial charge on any atom is 0.212 e. The van der Waals surface area contributed by atoms with Crippen LogP contribution >= 0.6 is 0 Å². The van der Waals surface area contributed by atoms with Gasteiger partial charge < -0.3 is 10.2 Å². The molecular formula is C12H27N3O2S. The van der Waals surface area contributed by atoms with E-state index in [1.54, 1.807) is 0 Å². The first-order valence-corrected chi connectivity index (χ1v) is 8.42. The van der Waals surface area contributed by atoms with Gasteiger partial charge in [0, 0.05) is 18.6 Å².